The molecule has 1 aliphatic rings. The average Bonchev–Trinajstić information content (AvgIpc) is 2.77. The van der Waals surface area contributed by atoms with E-state index in [-0.39, 0.29) is 28.6 Å². The van der Waals surface area contributed by atoms with Crippen molar-refractivity contribution in [3.8, 4) is 17.2 Å². The van der Waals surface area contributed by atoms with Crippen LogP contribution < -0.4 is 17.2 Å². The maximum absolute atomic E-state index is 12.9. The molecule has 2 aromatic rings. The summed E-state index contributed by atoms with van der Waals surface area (Å²) in [5.41, 5.74) is 18.8. The molecule has 1 amide bonds. The molecule has 2 heterocycles. The Morgan fingerprint density at radius 3 is 2.45 bits per heavy atom. The number of thioether (sulfide) groups is 1. The highest BCUT2D eigenvalue weighted by Crippen LogP contribution is 2.36. The van der Waals surface area contributed by atoms with Gasteiger partial charge < -0.3 is 21.9 Å². The van der Waals surface area contributed by atoms with Crippen LogP contribution in [-0.2, 0) is 26.1 Å². The Labute approximate surface area is 184 Å². The molecular weight excluding hydrogens is 440 g/mol. The predicted octanol–water partition coefficient (Wildman–Crippen LogP) is 0.259. The zero-order chi connectivity index (χ0) is 22.6. The molecule has 0 unspecified atom stereocenters. The van der Waals surface area contributed by atoms with Crippen molar-refractivity contribution in [1.29, 1.82) is 5.26 Å². The fraction of sp³-hybridized carbons (Fsp3) is 0.316. The number of carbonyl (C=O) groups is 1. The fourth-order valence-corrected chi connectivity index (χ4v) is 5.44. The van der Waals surface area contributed by atoms with Crippen LogP contribution in [0.2, 0.25) is 0 Å². The van der Waals surface area contributed by atoms with E-state index in [9.17, 15) is 18.5 Å². The summed E-state index contributed by atoms with van der Waals surface area (Å²) < 4.78 is 32.3. The quantitative estimate of drug-likeness (QED) is 0.487. The number of carbonyl (C=O) groups excluding carboxylic acids is 1. The highest BCUT2D eigenvalue weighted by Gasteiger charge is 2.27. The third-order valence-electron chi connectivity index (χ3n) is 4.71. The maximum Gasteiger partial charge on any atom is 0.243 e. The molecule has 6 N–H and O–H groups in total. The van der Waals surface area contributed by atoms with E-state index in [1.165, 1.54) is 16.4 Å². The zero-order valence-corrected chi connectivity index (χ0v) is 18.2. The van der Waals surface area contributed by atoms with Gasteiger partial charge in [-0.25, -0.2) is 13.4 Å². The first kappa shape index (κ1) is 23.0. The molecule has 1 aromatic carbocycles. The van der Waals surface area contributed by atoms with Crippen molar-refractivity contribution in [3.05, 3.63) is 35.4 Å². The summed E-state index contributed by atoms with van der Waals surface area (Å²) >= 11 is 1.08. The summed E-state index contributed by atoms with van der Waals surface area (Å²) in [5, 5.41) is 10.0. The minimum atomic E-state index is -3.66. The predicted molar refractivity (Wildman–Crippen MR) is 116 cm³/mol. The molecule has 0 spiro atoms. The Morgan fingerprint density at radius 2 is 1.90 bits per heavy atom. The number of anilines is 1. The van der Waals surface area contributed by atoms with Crippen LogP contribution in [-0.4, -0.2) is 55.7 Å². The molecular formula is C19H22N6O4S2. The highest BCUT2D eigenvalue weighted by atomic mass is 32.2. The number of hydrogen-bond acceptors (Lipinski definition) is 9. The van der Waals surface area contributed by atoms with Gasteiger partial charge in [0.05, 0.1) is 23.9 Å². The van der Waals surface area contributed by atoms with Crippen LogP contribution in [0, 0.1) is 11.3 Å². The number of nitriles is 1. The second kappa shape index (κ2) is 9.63. The van der Waals surface area contributed by atoms with Gasteiger partial charge in [-0.3, -0.25) is 4.79 Å². The first-order valence-corrected chi connectivity index (χ1v) is 11.7. The Kier molecular flexibility index (Phi) is 7.14. The van der Waals surface area contributed by atoms with E-state index in [1.807, 2.05) is 6.07 Å². The van der Waals surface area contributed by atoms with E-state index in [1.54, 1.807) is 12.1 Å². The first-order chi connectivity index (χ1) is 14.8. The van der Waals surface area contributed by atoms with Crippen molar-refractivity contribution in [1.82, 2.24) is 9.29 Å². The second-order valence-electron chi connectivity index (χ2n) is 6.64. The second-order valence-corrected chi connectivity index (χ2v) is 9.54. The standard InChI is InChI=1S/C19H22N6O4S2/c20-9-14-17(15(10-21)19(24-18(14)23)30-11-16(22)26)12-1-3-13(4-2-12)31(27,28)25-5-7-29-8-6-25/h1-4H,5-8,10-11,21H2,(H2,22,26)(H2,23,24). The van der Waals surface area contributed by atoms with E-state index >= 15 is 0 Å². The van der Waals surface area contributed by atoms with Crippen LogP contribution in [0.25, 0.3) is 11.1 Å². The highest BCUT2D eigenvalue weighted by molar-refractivity contribution is 8.00. The van der Waals surface area contributed by atoms with Crippen LogP contribution in [0.4, 0.5) is 5.82 Å². The van der Waals surface area contributed by atoms with Gasteiger partial charge >= 0.3 is 0 Å². The summed E-state index contributed by atoms with van der Waals surface area (Å²) in [6.07, 6.45) is 0. The van der Waals surface area contributed by atoms with Gasteiger partial charge in [-0.15, -0.1) is 0 Å². The van der Waals surface area contributed by atoms with Gasteiger partial charge in [-0.1, -0.05) is 23.9 Å². The molecule has 0 atom stereocenters. The van der Waals surface area contributed by atoms with E-state index in [0.717, 1.165) is 11.8 Å². The topological polar surface area (TPSA) is 178 Å². The molecule has 1 aliphatic heterocycles. The van der Waals surface area contributed by atoms with Gasteiger partial charge in [-0.2, -0.15) is 9.57 Å². The molecule has 1 aromatic heterocycles. The van der Waals surface area contributed by atoms with Crippen LogP contribution in [0.3, 0.4) is 0 Å². The monoisotopic (exact) mass is 462 g/mol. The molecule has 0 aliphatic carbocycles. The molecule has 0 bridgehead atoms. The number of hydrogen-bond donors (Lipinski definition) is 3. The third kappa shape index (κ3) is 4.81. The van der Waals surface area contributed by atoms with Crippen LogP contribution in [0.1, 0.15) is 11.1 Å². The van der Waals surface area contributed by atoms with Crippen molar-refractivity contribution < 1.29 is 17.9 Å². The zero-order valence-electron chi connectivity index (χ0n) is 16.6. The van der Waals surface area contributed by atoms with Gasteiger partial charge in [0.25, 0.3) is 0 Å². The molecule has 10 nitrogen and oxygen atoms in total. The number of ether oxygens (including phenoxy) is 1. The molecule has 1 fully saturated rings. The lowest BCUT2D eigenvalue weighted by Crippen LogP contribution is -2.40. The largest absolute Gasteiger partial charge is 0.383 e. The molecule has 0 saturated carbocycles. The van der Waals surface area contributed by atoms with E-state index in [2.05, 4.69) is 4.98 Å². The molecule has 1 saturated heterocycles. The fourth-order valence-electron chi connectivity index (χ4n) is 3.23. The summed E-state index contributed by atoms with van der Waals surface area (Å²) in [6, 6.07) is 8.21. The first-order valence-electron chi connectivity index (χ1n) is 9.31. The minimum Gasteiger partial charge on any atom is -0.383 e. The number of nitrogens with zero attached hydrogens (tertiary/aromatic N) is 3. The van der Waals surface area contributed by atoms with Gasteiger partial charge in [0.15, 0.2) is 0 Å². The lowest BCUT2D eigenvalue weighted by atomic mass is 9.96. The number of nitrogens with two attached hydrogens (primary N) is 3. The SMILES string of the molecule is N#Cc1c(N)nc(SCC(N)=O)c(CN)c1-c1ccc(S(=O)(=O)N2CCOCC2)cc1. The Hall–Kier alpha value is -2.69. The smallest absolute Gasteiger partial charge is 0.243 e. The summed E-state index contributed by atoms with van der Waals surface area (Å²) in [5.74, 6) is -0.565. The number of benzene rings is 1. The van der Waals surface area contributed by atoms with Gasteiger partial charge in [0.2, 0.25) is 15.9 Å². The van der Waals surface area contributed by atoms with Crippen molar-refractivity contribution in [2.45, 2.75) is 16.5 Å². The minimum absolute atomic E-state index is 0.00770. The van der Waals surface area contributed by atoms with Crippen molar-refractivity contribution in [3.63, 3.8) is 0 Å². The van der Waals surface area contributed by atoms with Crippen molar-refractivity contribution in [2.24, 2.45) is 11.5 Å². The molecule has 0 radical (unpaired) electrons. The van der Waals surface area contributed by atoms with E-state index < -0.39 is 15.9 Å². The van der Waals surface area contributed by atoms with E-state index in [4.69, 9.17) is 21.9 Å². The molecule has 31 heavy (non-hydrogen) atoms. The Morgan fingerprint density at radius 1 is 1.26 bits per heavy atom. The van der Waals surface area contributed by atoms with Crippen LogP contribution in [0.5, 0.6) is 0 Å². The van der Waals surface area contributed by atoms with E-state index in [0.29, 0.717) is 48.0 Å². The van der Waals surface area contributed by atoms with Crippen molar-refractivity contribution >= 4 is 33.5 Å². The Bertz CT molecular complexity index is 1120. The van der Waals surface area contributed by atoms with Crippen LogP contribution >= 0.6 is 11.8 Å². The molecule has 3 rings (SSSR count). The number of primary amides is 1. The maximum atomic E-state index is 12.9. The van der Waals surface area contributed by atoms with Crippen molar-refractivity contribution in [2.75, 3.05) is 37.8 Å². The van der Waals surface area contributed by atoms with Gasteiger partial charge in [0, 0.05) is 30.8 Å². The van der Waals surface area contributed by atoms with Crippen LogP contribution in [0.15, 0.2) is 34.2 Å². The van der Waals surface area contributed by atoms with Gasteiger partial charge in [-0.05, 0) is 17.7 Å². The summed E-state index contributed by atoms with van der Waals surface area (Å²) in [4.78, 5) is 15.5. The normalized spacial score (nSPS) is 14.8. The molecule has 12 heteroatoms. The molecule has 164 valence electrons. The number of sulfonamides is 1. The average molecular weight is 463 g/mol. The third-order valence-corrected chi connectivity index (χ3v) is 7.66. The number of nitrogen functional groups attached to an aromatic ring is 1. The number of pyridine rings is 1. The number of morpholine rings is 1. The number of rotatable bonds is 7. The lowest BCUT2D eigenvalue weighted by molar-refractivity contribution is -0.115. The summed E-state index contributed by atoms with van der Waals surface area (Å²) in [6.45, 7) is 1.32. The number of amides is 1. The Balaban J connectivity index is 2.05. The lowest BCUT2D eigenvalue weighted by Gasteiger charge is -2.26. The summed E-state index contributed by atoms with van der Waals surface area (Å²) in [7, 11) is -3.66. The van der Waals surface area contributed by atoms with Gasteiger partial charge in [0.1, 0.15) is 22.5 Å². The number of aromatic nitrogens is 1.